The molecule has 92 valence electrons. The Bertz CT molecular complexity index is 420. The van der Waals surface area contributed by atoms with Gasteiger partial charge in [0.1, 0.15) is 6.20 Å². The molecule has 17 heavy (non-hydrogen) atoms. The summed E-state index contributed by atoms with van der Waals surface area (Å²) in [7, 11) is 0. The summed E-state index contributed by atoms with van der Waals surface area (Å²) in [5, 5.41) is 10.6. The van der Waals surface area contributed by atoms with E-state index >= 15 is 0 Å². The molecule has 6 nitrogen and oxygen atoms in total. The fourth-order valence-corrected chi connectivity index (χ4v) is 1.51. The lowest BCUT2D eigenvalue weighted by molar-refractivity contribution is -0.389. The minimum atomic E-state index is -0.604. The van der Waals surface area contributed by atoms with E-state index < -0.39 is 4.92 Å². The average molecular weight is 237 g/mol. The zero-order chi connectivity index (χ0) is 12.8. The van der Waals surface area contributed by atoms with E-state index in [-0.39, 0.29) is 11.7 Å². The molecule has 0 radical (unpaired) electrons. The summed E-state index contributed by atoms with van der Waals surface area (Å²) in [6.45, 7) is 5.09. The molecule has 1 aromatic heterocycles. The van der Waals surface area contributed by atoms with Crippen LogP contribution in [0.1, 0.15) is 30.6 Å². The largest absolute Gasteiger partial charge is 0.364 e. The molecule has 0 saturated heterocycles. The maximum Gasteiger partial charge on any atom is 0.364 e. The Labute approximate surface area is 99.4 Å². The topological polar surface area (TPSA) is 76.3 Å². The fourth-order valence-electron chi connectivity index (χ4n) is 1.51. The molecule has 0 aromatic carbocycles. The fraction of sp³-hybridized carbons (Fsp3) is 0.455. The third-order valence-electron chi connectivity index (χ3n) is 2.34. The van der Waals surface area contributed by atoms with Gasteiger partial charge in [0, 0.05) is 19.2 Å². The number of carbonyl (C=O) groups is 1. The molecule has 0 aliphatic carbocycles. The molecular formula is C11H15N3O3. The first-order valence-electron chi connectivity index (χ1n) is 5.49. The van der Waals surface area contributed by atoms with Crippen molar-refractivity contribution in [2.75, 3.05) is 13.1 Å². The van der Waals surface area contributed by atoms with Crippen LogP contribution < -0.4 is 0 Å². The van der Waals surface area contributed by atoms with Crippen LogP contribution in [0.25, 0.3) is 0 Å². The van der Waals surface area contributed by atoms with Crippen LogP contribution >= 0.6 is 0 Å². The minimum Gasteiger partial charge on any atom is -0.358 e. The van der Waals surface area contributed by atoms with Crippen molar-refractivity contribution in [3.8, 4) is 0 Å². The number of carbonyl (C=O) groups excluding carboxylic acids is 1. The first-order valence-corrected chi connectivity index (χ1v) is 5.49. The monoisotopic (exact) mass is 237 g/mol. The molecule has 1 heterocycles. The van der Waals surface area contributed by atoms with Crippen molar-refractivity contribution >= 4 is 11.7 Å². The summed E-state index contributed by atoms with van der Waals surface area (Å²) < 4.78 is 0. The second-order valence-electron chi connectivity index (χ2n) is 3.54. The maximum atomic E-state index is 12.0. The van der Waals surface area contributed by atoms with Crippen LogP contribution in [0.2, 0.25) is 0 Å². The second-order valence-corrected chi connectivity index (χ2v) is 3.54. The van der Waals surface area contributed by atoms with Crippen molar-refractivity contribution in [2.45, 2.75) is 20.3 Å². The van der Waals surface area contributed by atoms with Gasteiger partial charge in [0.15, 0.2) is 0 Å². The number of hydrogen-bond donors (Lipinski definition) is 0. The van der Waals surface area contributed by atoms with Gasteiger partial charge in [-0.1, -0.05) is 6.92 Å². The summed E-state index contributed by atoms with van der Waals surface area (Å²) in [5.41, 5.74) is 0.307. The number of nitrogens with zero attached hydrogens (tertiary/aromatic N) is 3. The van der Waals surface area contributed by atoms with Crippen LogP contribution in [0.3, 0.4) is 0 Å². The van der Waals surface area contributed by atoms with Crippen molar-refractivity contribution in [3.63, 3.8) is 0 Å². The molecule has 1 rings (SSSR count). The highest BCUT2D eigenvalue weighted by molar-refractivity contribution is 5.94. The van der Waals surface area contributed by atoms with Crippen molar-refractivity contribution in [1.82, 2.24) is 9.88 Å². The highest BCUT2D eigenvalue weighted by atomic mass is 16.6. The molecule has 6 heteroatoms. The van der Waals surface area contributed by atoms with E-state index in [1.165, 1.54) is 18.3 Å². The van der Waals surface area contributed by atoms with Crippen molar-refractivity contribution in [1.29, 1.82) is 0 Å². The normalized spacial score (nSPS) is 10.0. The lowest BCUT2D eigenvalue weighted by Gasteiger charge is -2.19. The Balaban J connectivity index is 2.95. The molecule has 0 aliphatic rings. The quantitative estimate of drug-likeness (QED) is 0.578. The summed E-state index contributed by atoms with van der Waals surface area (Å²) in [6, 6.07) is 2.70. The van der Waals surface area contributed by atoms with E-state index in [1.54, 1.807) is 4.90 Å². The predicted octanol–water partition coefficient (Wildman–Crippen LogP) is 1.86. The summed E-state index contributed by atoms with van der Waals surface area (Å²) in [5.74, 6) is -0.497. The van der Waals surface area contributed by atoms with Gasteiger partial charge < -0.3 is 15.0 Å². The van der Waals surface area contributed by atoms with Crippen LogP contribution in [-0.4, -0.2) is 33.8 Å². The van der Waals surface area contributed by atoms with Gasteiger partial charge in [0.25, 0.3) is 5.91 Å². The zero-order valence-electron chi connectivity index (χ0n) is 9.92. The molecule has 0 unspecified atom stereocenters. The van der Waals surface area contributed by atoms with Gasteiger partial charge in [0.05, 0.1) is 5.56 Å². The Morgan fingerprint density at radius 1 is 1.53 bits per heavy atom. The van der Waals surface area contributed by atoms with Crippen LogP contribution in [0.4, 0.5) is 5.82 Å². The van der Waals surface area contributed by atoms with Gasteiger partial charge in [-0.2, -0.15) is 0 Å². The third-order valence-corrected chi connectivity index (χ3v) is 2.34. The van der Waals surface area contributed by atoms with Gasteiger partial charge in [-0.05, 0) is 29.3 Å². The van der Waals surface area contributed by atoms with E-state index in [0.717, 1.165) is 6.42 Å². The Hall–Kier alpha value is -1.98. The summed E-state index contributed by atoms with van der Waals surface area (Å²) >= 11 is 0. The molecule has 1 amide bonds. The Morgan fingerprint density at radius 2 is 2.24 bits per heavy atom. The minimum absolute atomic E-state index is 0.195. The average Bonchev–Trinajstić information content (AvgIpc) is 2.35. The van der Waals surface area contributed by atoms with E-state index in [0.29, 0.717) is 18.7 Å². The smallest absolute Gasteiger partial charge is 0.358 e. The van der Waals surface area contributed by atoms with E-state index in [4.69, 9.17) is 0 Å². The number of hydrogen-bond acceptors (Lipinski definition) is 4. The van der Waals surface area contributed by atoms with Crippen molar-refractivity contribution < 1.29 is 9.72 Å². The third kappa shape index (κ3) is 3.24. The second kappa shape index (κ2) is 5.93. The van der Waals surface area contributed by atoms with Gasteiger partial charge in [-0.25, -0.2) is 0 Å². The first-order chi connectivity index (χ1) is 8.10. The molecule has 0 atom stereocenters. The van der Waals surface area contributed by atoms with Gasteiger partial charge >= 0.3 is 5.82 Å². The Morgan fingerprint density at radius 3 is 2.76 bits per heavy atom. The molecule has 0 bridgehead atoms. The lowest BCUT2D eigenvalue weighted by atomic mass is 10.2. The van der Waals surface area contributed by atoms with Gasteiger partial charge in [-0.3, -0.25) is 4.79 Å². The molecule has 0 spiro atoms. The number of nitro groups is 1. The number of amides is 1. The standard InChI is InChI=1S/C11H15N3O3/c1-3-7-13(4-2)11(15)9-5-6-12-10(8-9)14(16)17/h5-6,8H,3-4,7H2,1-2H3. The molecule has 0 aliphatic heterocycles. The molecule has 0 fully saturated rings. The van der Waals surface area contributed by atoms with Gasteiger partial charge in [0.2, 0.25) is 0 Å². The molecule has 1 aromatic rings. The number of rotatable bonds is 5. The van der Waals surface area contributed by atoms with Crippen LogP contribution in [0.15, 0.2) is 18.3 Å². The highest BCUT2D eigenvalue weighted by Crippen LogP contribution is 2.11. The number of pyridine rings is 1. The lowest BCUT2D eigenvalue weighted by Crippen LogP contribution is -2.31. The predicted molar refractivity (Wildman–Crippen MR) is 62.8 cm³/mol. The van der Waals surface area contributed by atoms with Crippen LogP contribution in [0.5, 0.6) is 0 Å². The number of aromatic nitrogens is 1. The highest BCUT2D eigenvalue weighted by Gasteiger charge is 2.17. The SMILES string of the molecule is CCCN(CC)C(=O)c1ccnc([N+](=O)[O-])c1. The zero-order valence-corrected chi connectivity index (χ0v) is 9.92. The van der Waals surface area contributed by atoms with E-state index in [9.17, 15) is 14.9 Å². The molecule has 0 N–H and O–H groups in total. The van der Waals surface area contributed by atoms with Crippen molar-refractivity contribution in [2.24, 2.45) is 0 Å². The maximum absolute atomic E-state index is 12.0. The summed E-state index contributed by atoms with van der Waals surface area (Å²) in [6.07, 6.45) is 2.14. The van der Waals surface area contributed by atoms with E-state index in [1.807, 2.05) is 13.8 Å². The van der Waals surface area contributed by atoms with Gasteiger partial charge in [-0.15, -0.1) is 0 Å². The first kappa shape index (κ1) is 13.1. The van der Waals surface area contributed by atoms with Crippen LogP contribution in [-0.2, 0) is 0 Å². The Kier molecular flexibility index (Phi) is 4.56. The van der Waals surface area contributed by atoms with E-state index in [2.05, 4.69) is 4.98 Å². The summed E-state index contributed by atoms with van der Waals surface area (Å²) in [4.78, 5) is 27.2. The van der Waals surface area contributed by atoms with Crippen LogP contribution in [0, 0.1) is 10.1 Å². The molecule has 0 saturated carbocycles. The molecular weight excluding hydrogens is 222 g/mol. The van der Waals surface area contributed by atoms with Crippen molar-refractivity contribution in [3.05, 3.63) is 34.0 Å².